The molecule has 0 aliphatic rings. The molecule has 0 unspecified atom stereocenters. The number of aliphatic carboxylic acids is 1. The van der Waals surface area contributed by atoms with Crippen molar-refractivity contribution < 1.29 is 19.8 Å². The van der Waals surface area contributed by atoms with E-state index in [1.807, 2.05) is 30.3 Å². The fraction of sp³-hybridized carbons (Fsp3) is 0.214. The Kier molecular flexibility index (Phi) is 4.68. The number of para-hydroxylation sites is 1. The van der Waals surface area contributed by atoms with Gasteiger partial charge in [0.2, 0.25) is 0 Å². The van der Waals surface area contributed by atoms with Crippen molar-refractivity contribution in [1.29, 1.82) is 0 Å². The molecule has 7 heteroatoms. The minimum atomic E-state index is -1.19. The van der Waals surface area contributed by atoms with Crippen molar-refractivity contribution in [2.45, 2.75) is 12.5 Å². The highest BCUT2D eigenvalue weighted by atomic mass is 16.4. The van der Waals surface area contributed by atoms with Gasteiger partial charge in [-0.25, -0.2) is 9.48 Å². The summed E-state index contributed by atoms with van der Waals surface area (Å²) in [6.07, 6.45) is 2.83. The number of rotatable bonds is 6. The summed E-state index contributed by atoms with van der Waals surface area (Å²) in [6, 6.07) is 8.10. The fourth-order valence-electron chi connectivity index (χ4n) is 1.79. The third-order valence-corrected chi connectivity index (χ3v) is 2.89. The first-order valence-corrected chi connectivity index (χ1v) is 6.36. The largest absolute Gasteiger partial charge is 0.480 e. The maximum atomic E-state index is 12.0. The van der Waals surface area contributed by atoms with Gasteiger partial charge in [0.25, 0.3) is 5.91 Å². The van der Waals surface area contributed by atoms with E-state index in [9.17, 15) is 9.59 Å². The van der Waals surface area contributed by atoms with Gasteiger partial charge in [0, 0.05) is 19.2 Å². The summed E-state index contributed by atoms with van der Waals surface area (Å²) in [7, 11) is 0. The van der Waals surface area contributed by atoms with Crippen molar-refractivity contribution in [3.8, 4) is 5.69 Å². The number of carboxylic acids is 1. The van der Waals surface area contributed by atoms with Crippen LogP contribution in [0.5, 0.6) is 0 Å². The van der Waals surface area contributed by atoms with Crippen LogP contribution in [0.4, 0.5) is 0 Å². The second-order valence-corrected chi connectivity index (χ2v) is 4.39. The van der Waals surface area contributed by atoms with Gasteiger partial charge in [-0.05, 0) is 12.1 Å². The average Bonchev–Trinajstić information content (AvgIpc) is 2.97. The zero-order valence-corrected chi connectivity index (χ0v) is 11.1. The Balaban J connectivity index is 2.10. The summed E-state index contributed by atoms with van der Waals surface area (Å²) in [5.74, 6) is -1.73. The van der Waals surface area contributed by atoms with Crippen molar-refractivity contribution in [3.63, 3.8) is 0 Å². The second-order valence-electron chi connectivity index (χ2n) is 4.39. The summed E-state index contributed by atoms with van der Waals surface area (Å²) in [5.41, 5.74) is 1.05. The Morgan fingerprint density at radius 3 is 2.62 bits per heavy atom. The first-order chi connectivity index (χ1) is 10.1. The third-order valence-electron chi connectivity index (χ3n) is 2.89. The monoisotopic (exact) mass is 289 g/mol. The molecule has 21 heavy (non-hydrogen) atoms. The predicted molar refractivity (Wildman–Crippen MR) is 74.2 cm³/mol. The van der Waals surface area contributed by atoms with E-state index in [1.165, 1.54) is 17.1 Å². The number of carbonyl (C=O) groups excluding carboxylic acids is 1. The third kappa shape index (κ3) is 3.67. The maximum absolute atomic E-state index is 12.0. The van der Waals surface area contributed by atoms with E-state index in [1.54, 1.807) is 0 Å². The molecule has 1 aromatic carbocycles. The van der Waals surface area contributed by atoms with Crippen LogP contribution in [0.1, 0.15) is 16.8 Å². The van der Waals surface area contributed by atoms with Crippen LogP contribution in [0.15, 0.2) is 42.7 Å². The minimum absolute atomic E-state index is 0.0477. The van der Waals surface area contributed by atoms with Crippen LogP contribution < -0.4 is 5.32 Å². The number of nitrogens with one attached hydrogen (secondary N) is 1. The highest BCUT2D eigenvalue weighted by Gasteiger charge is 2.20. The number of benzene rings is 1. The molecule has 0 fully saturated rings. The van der Waals surface area contributed by atoms with Crippen LogP contribution in [0.2, 0.25) is 0 Å². The van der Waals surface area contributed by atoms with Gasteiger partial charge >= 0.3 is 5.97 Å². The number of aliphatic hydroxyl groups is 1. The summed E-state index contributed by atoms with van der Waals surface area (Å²) in [6.45, 7) is -0.319. The number of hydrogen-bond acceptors (Lipinski definition) is 4. The van der Waals surface area contributed by atoms with Crippen LogP contribution in [-0.2, 0) is 4.79 Å². The van der Waals surface area contributed by atoms with E-state index >= 15 is 0 Å². The summed E-state index contributed by atoms with van der Waals surface area (Å²) in [4.78, 5) is 22.9. The molecule has 1 amide bonds. The number of nitrogens with zero attached hydrogens (tertiary/aromatic N) is 2. The summed E-state index contributed by atoms with van der Waals surface area (Å²) in [5, 5.41) is 24.1. The van der Waals surface area contributed by atoms with Crippen LogP contribution >= 0.6 is 0 Å². The molecule has 110 valence electrons. The topological polar surface area (TPSA) is 104 Å². The number of amides is 1. The number of aromatic nitrogens is 2. The Morgan fingerprint density at radius 1 is 1.29 bits per heavy atom. The van der Waals surface area contributed by atoms with Crippen molar-refractivity contribution in [1.82, 2.24) is 15.1 Å². The normalized spacial score (nSPS) is 11.9. The lowest BCUT2D eigenvalue weighted by Gasteiger charge is -2.12. The molecule has 7 nitrogen and oxygen atoms in total. The van der Waals surface area contributed by atoms with Crippen LogP contribution in [0.25, 0.3) is 5.69 Å². The molecule has 1 heterocycles. The predicted octanol–water partition coefficient (Wildman–Crippen LogP) is 0.438. The molecule has 0 saturated carbocycles. The van der Waals surface area contributed by atoms with Gasteiger partial charge in [-0.2, -0.15) is 5.10 Å². The lowest BCUT2D eigenvalue weighted by Crippen LogP contribution is -2.41. The van der Waals surface area contributed by atoms with Crippen LogP contribution in [-0.4, -0.2) is 44.5 Å². The first kappa shape index (κ1) is 14.7. The quantitative estimate of drug-likeness (QED) is 0.715. The molecular weight excluding hydrogens is 274 g/mol. The highest BCUT2D eigenvalue weighted by molar-refractivity contribution is 5.96. The molecule has 0 saturated heterocycles. The lowest BCUT2D eigenvalue weighted by molar-refractivity contribution is -0.139. The molecule has 0 bridgehead atoms. The maximum Gasteiger partial charge on any atom is 0.326 e. The van der Waals surface area contributed by atoms with Gasteiger partial charge in [-0.3, -0.25) is 4.79 Å². The fourth-order valence-corrected chi connectivity index (χ4v) is 1.79. The standard InChI is InChI=1S/C14H15N3O4/c18-7-6-12(14(20)21)16-13(19)10-8-15-17(9-10)11-4-2-1-3-5-11/h1-5,8-9,12,18H,6-7H2,(H,16,19)(H,20,21)/t12-/m0/s1. The zero-order chi connectivity index (χ0) is 15.2. The van der Waals surface area contributed by atoms with Gasteiger partial charge in [-0.15, -0.1) is 0 Å². The van der Waals surface area contributed by atoms with Crippen molar-refractivity contribution >= 4 is 11.9 Å². The minimum Gasteiger partial charge on any atom is -0.480 e. The smallest absolute Gasteiger partial charge is 0.326 e. The van der Waals surface area contributed by atoms with Crippen LogP contribution in [0.3, 0.4) is 0 Å². The second kappa shape index (κ2) is 6.67. The molecule has 2 aromatic rings. The Labute approximate surface area is 120 Å². The summed E-state index contributed by atoms with van der Waals surface area (Å²) < 4.78 is 1.52. The van der Waals surface area contributed by atoms with Crippen LogP contribution in [0, 0.1) is 0 Å². The zero-order valence-electron chi connectivity index (χ0n) is 11.1. The van der Waals surface area contributed by atoms with Gasteiger partial charge in [0.05, 0.1) is 17.4 Å². The molecular formula is C14H15N3O4. The van der Waals surface area contributed by atoms with Crippen molar-refractivity contribution in [2.24, 2.45) is 0 Å². The number of carbonyl (C=O) groups is 2. The van der Waals surface area contributed by atoms with Gasteiger partial charge in [0.1, 0.15) is 6.04 Å². The SMILES string of the molecule is O=C(N[C@@H](CCO)C(=O)O)c1cnn(-c2ccccc2)c1. The van der Waals surface area contributed by atoms with Crippen molar-refractivity contribution in [3.05, 3.63) is 48.3 Å². The van der Waals surface area contributed by atoms with Gasteiger partial charge in [-0.1, -0.05) is 18.2 Å². The van der Waals surface area contributed by atoms with Crippen molar-refractivity contribution in [2.75, 3.05) is 6.61 Å². The number of hydrogen-bond donors (Lipinski definition) is 3. The van der Waals surface area contributed by atoms with E-state index in [4.69, 9.17) is 10.2 Å². The number of carboxylic acid groups (broad SMARTS) is 1. The Morgan fingerprint density at radius 2 is 2.00 bits per heavy atom. The molecule has 0 aliphatic heterocycles. The molecule has 3 N–H and O–H groups in total. The molecule has 1 aromatic heterocycles. The highest BCUT2D eigenvalue weighted by Crippen LogP contribution is 2.08. The first-order valence-electron chi connectivity index (χ1n) is 6.36. The van der Waals surface area contributed by atoms with E-state index in [0.29, 0.717) is 0 Å². The van der Waals surface area contributed by atoms with E-state index in [0.717, 1.165) is 5.69 Å². The molecule has 0 spiro atoms. The molecule has 1 atom stereocenters. The Hall–Kier alpha value is -2.67. The van der Waals surface area contributed by atoms with Gasteiger partial charge < -0.3 is 15.5 Å². The average molecular weight is 289 g/mol. The molecule has 0 radical (unpaired) electrons. The number of aliphatic hydroxyl groups excluding tert-OH is 1. The van der Waals surface area contributed by atoms with E-state index in [2.05, 4.69) is 10.4 Å². The molecule has 2 rings (SSSR count). The van der Waals surface area contributed by atoms with Gasteiger partial charge in [0.15, 0.2) is 0 Å². The summed E-state index contributed by atoms with van der Waals surface area (Å²) >= 11 is 0. The Bertz CT molecular complexity index is 624. The van der Waals surface area contributed by atoms with E-state index in [-0.39, 0.29) is 18.6 Å². The lowest BCUT2D eigenvalue weighted by atomic mass is 10.2. The molecule has 0 aliphatic carbocycles. The van der Waals surface area contributed by atoms with E-state index < -0.39 is 17.9 Å².